The van der Waals surface area contributed by atoms with Crippen LogP contribution in [0.4, 0.5) is 0 Å². The van der Waals surface area contributed by atoms with Gasteiger partial charge < -0.3 is 9.72 Å². The van der Waals surface area contributed by atoms with E-state index in [1.807, 2.05) is 29.5 Å². The van der Waals surface area contributed by atoms with Crippen molar-refractivity contribution in [3.8, 4) is 0 Å². The Bertz CT molecular complexity index is 348. The third-order valence-electron chi connectivity index (χ3n) is 1.60. The molecule has 0 fully saturated rings. The van der Waals surface area contributed by atoms with Gasteiger partial charge >= 0.3 is 0 Å². The fraction of sp³-hybridized carbons (Fsp3) is 0.500. The van der Waals surface area contributed by atoms with Gasteiger partial charge in [-0.25, -0.2) is 4.98 Å². The average molecular weight is 294 g/mol. The molecule has 0 unspecified atom stereocenters. The Hall–Kier alpha value is -0.430. The van der Waals surface area contributed by atoms with E-state index in [2.05, 4.69) is 9.97 Å². The van der Waals surface area contributed by atoms with Gasteiger partial charge in [0.1, 0.15) is 12.4 Å². The lowest BCUT2D eigenvalue weighted by molar-refractivity contribution is 0.177. The summed E-state index contributed by atoms with van der Waals surface area (Å²) in [5.74, 6) is 0.588. The number of aryl methyl sites for hydroxylation is 1. The first-order valence-corrected chi connectivity index (χ1v) is 5.03. The maximum atomic E-state index is 11.3. The quantitative estimate of drug-likeness (QED) is 0.849. The second-order valence-electron chi connectivity index (χ2n) is 2.56. The fourth-order valence-corrected chi connectivity index (χ4v) is 1.63. The largest absolute Gasteiger partial charge is 0.377 e. The number of aromatic nitrogens is 2. The number of aromatic amines is 1. The average Bonchev–Trinajstić information content (AvgIpc) is 2.11. The summed E-state index contributed by atoms with van der Waals surface area (Å²) in [4.78, 5) is 18.2. The highest BCUT2D eigenvalue weighted by Crippen LogP contribution is 2.05. The topological polar surface area (TPSA) is 55.0 Å². The van der Waals surface area contributed by atoms with E-state index in [0.29, 0.717) is 16.0 Å². The molecule has 0 saturated heterocycles. The van der Waals surface area contributed by atoms with Crippen molar-refractivity contribution in [2.24, 2.45) is 0 Å². The van der Waals surface area contributed by atoms with Crippen molar-refractivity contribution in [3.63, 3.8) is 0 Å². The zero-order valence-electron chi connectivity index (χ0n) is 7.56. The number of rotatable bonds is 3. The van der Waals surface area contributed by atoms with E-state index >= 15 is 0 Å². The van der Waals surface area contributed by atoms with Crippen molar-refractivity contribution in [1.82, 2.24) is 9.97 Å². The van der Waals surface area contributed by atoms with E-state index in [4.69, 9.17) is 4.74 Å². The number of nitrogens with one attached hydrogen (secondary N) is 1. The van der Waals surface area contributed by atoms with Gasteiger partial charge in [-0.3, -0.25) is 4.79 Å². The molecular formula is C8H11IN2O2. The van der Waals surface area contributed by atoms with E-state index in [9.17, 15) is 4.79 Å². The number of ether oxygens (including phenoxy) is 1. The van der Waals surface area contributed by atoms with Gasteiger partial charge in [0.2, 0.25) is 0 Å². The maximum Gasteiger partial charge on any atom is 0.264 e. The molecule has 0 aromatic carbocycles. The van der Waals surface area contributed by atoms with E-state index in [1.54, 1.807) is 7.11 Å². The van der Waals surface area contributed by atoms with Crippen molar-refractivity contribution in [1.29, 1.82) is 0 Å². The van der Waals surface area contributed by atoms with Gasteiger partial charge in [0.25, 0.3) is 5.56 Å². The predicted molar refractivity (Wildman–Crippen MR) is 57.7 cm³/mol. The van der Waals surface area contributed by atoms with E-state index < -0.39 is 0 Å². The fourth-order valence-electron chi connectivity index (χ4n) is 0.996. The molecule has 0 aliphatic heterocycles. The van der Waals surface area contributed by atoms with Crippen LogP contribution in [0.1, 0.15) is 18.4 Å². The first kappa shape index (κ1) is 10.6. The van der Waals surface area contributed by atoms with Crippen LogP contribution in [0.25, 0.3) is 0 Å². The molecule has 1 aromatic heterocycles. The molecule has 0 aliphatic carbocycles. The molecule has 1 heterocycles. The summed E-state index contributed by atoms with van der Waals surface area (Å²) in [7, 11) is 1.57. The highest BCUT2D eigenvalue weighted by Gasteiger charge is 2.06. The minimum Gasteiger partial charge on any atom is -0.377 e. The summed E-state index contributed by atoms with van der Waals surface area (Å²) < 4.78 is 5.55. The zero-order chi connectivity index (χ0) is 9.84. The summed E-state index contributed by atoms with van der Waals surface area (Å²) in [6.07, 6.45) is 0.763. The highest BCUT2D eigenvalue weighted by molar-refractivity contribution is 14.1. The van der Waals surface area contributed by atoms with E-state index in [1.165, 1.54) is 0 Å². The maximum absolute atomic E-state index is 11.3. The van der Waals surface area contributed by atoms with Crippen LogP contribution in [0.3, 0.4) is 0 Å². The predicted octanol–water partition coefficient (Wildman–Crippen LogP) is 1.08. The minimum atomic E-state index is -0.0838. The molecular weight excluding hydrogens is 283 g/mol. The van der Waals surface area contributed by atoms with Crippen LogP contribution in [0, 0.1) is 3.57 Å². The molecule has 0 aliphatic rings. The van der Waals surface area contributed by atoms with Crippen LogP contribution in [0.5, 0.6) is 0 Å². The lowest BCUT2D eigenvalue weighted by Gasteiger charge is -2.03. The first-order valence-electron chi connectivity index (χ1n) is 3.95. The van der Waals surface area contributed by atoms with Crippen LogP contribution >= 0.6 is 22.6 Å². The Labute approximate surface area is 89.9 Å². The second-order valence-corrected chi connectivity index (χ2v) is 3.64. The molecule has 1 aromatic rings. The summed E-state index contributed by atoms with van der Waals surface area (Å²) in [6.45, 7) is 2.32. The molecule has 0 radical (unpaired) electrons. The van der Waals surface area contributed by atoms with Gasteiger partial charge in [-0.15, -0.1) is 0 Å². The molecule has 0 saturated carbocycles. The second kappa shape index (κ2) is 4.71. The van der Waals surface area contributed by atoms with Gasteiger partial charge in [0.05, 0.1) is 9.26 Å². The molecule has 1 N–H and O–H groups in total. The molecule has 0 bridgehead atoms. The summed E-state index contributed by atoms with van der Waals surface area (Å²) in [5.41, 5.74) is 0.746. The smallest absolute Gasteiger partial charge is 0.264 e. The van der Waals surface area contributed by atoms with Crippen molar-refractivity contribution >= 4 is 22.6 Å². The Balaban J connectivity index is 3.14. The van der Waals surface area contributed by atoms with Gasteiger partial charge in [-0.1, -0.05) is 6.92 Å². The third-order valence-corrected chi connectivity index (χ3v) is 2.71. The van der Waals surface area contributed by atoms with Crippen LogP contribution in [0.15, 0.2) is 4.79 Å². The normalized spacial score (nSPS) is 10.4. The molecule has 13 heavy (non-hydrogen) atoms. The SMILES string of the molecule is CCc1nc(COC)[nH]c(=O)c1I. The zero-order valence-corrected chi connectivity index (χ0v) is 9.71. The van der Waals surface area contributed by atoms with Gasteiger partial charge in [-0.05, 0) is 29.0 Å². The molecule has 4 nitrogen and oxygen atoms in total. The summed E-state index contributed by atoms with van der Waals surface area (Å²) in [6, 6.07) is 0. The van der Waals surface area contributed by atoms with Crippen molar-refractivity contribution in [2.45, 2.75) is 20.0 Å². The third kappa shape index (κ3) is 2.50. The molecule has 72 valence electrons. The Kier molecular flexibility index (Phi) is 3.86. The van der Waals surface area contributed by atoms with Gasteiger partial charge in [0, 0.05) is 7.11 Å². The number of nitrogens with zero attached hydrogens (tertiary/aromatic N) is 1. The number of methoxy groups -OCH3 is 1. The Morgan fingerprint density at radius 2 is 2.31 bits per heavy atom. The standard InChI is InChI=1S/C8H11IN2O2/c1-3-5-7(9)8(12)11-6(10-5)4-13-2/h3-4H2,1-2H3,(H,10,11,12). The lowest BCUT2D eigenvalue weighted by atomic mass is 10.3. The van der Waals surface area contributed by atoms with Crippen molar-refractivity contribution in [2.75, 3.05) is 7.11 Å². The van der Waals surface area contributed by atoms with Crippen LogP contribution in [-0.2, 0) is 17.8 Å². The number of H-pyrrole nitrogens is 1. The number of halogens is 1. The van der Waals surface area contributed by atoms with Crippen molar-refractivity contribution < 1.29 is 4.74 Å². The molecule has 0 amide bonds. The molecule has 0 spiro atoms. The van der Waals surface area contributed by atoms with E-state index in [0.717, 1.165) is 12.1 Å². The van der Waals surface area contributed by atoms with Crippen LogP contribution in [0.2, 0.25) is 0 Å². The van der Waals surface area contributed by atoms with Gasteiger partial charge in [0.15, 0.2) is 0 Å². The Morgan fingerprint density at radius 1 is 1.62 bits per heavy atom. The minimum absolute atomic E-state index is 0.0838. The number of hydrogen-bond acceptors (Lipinski definition) is 3. The van der Waals surface area contributed by atoms with Crippen LogP contribution in [-0.4, -0.2) is 17.1 Å². The molecule has 5 heteroatoms. The van der Waals surface area contributed by atoms with Gasteiger partial charge in [-0.2, -0.15) is 0 Å². The highest BCUT2D eigenvalue weighted by atomic mass is 127. The summed E-state index contributed by atoms with van der Waals surface area (Å²) >= 11 is 2.00. The summed E-state index contributed by atoms with van der Waals surface area (Å²) in [5, 5.41) is 0. The first-order chi connectivity index (χ1) is 6.19. The monoisotopic (exact) mass is 294 g/mol. The number of hydrogen-bond donors (Lipinski definition) is 1. The molecule has 0 atom stereocenters. The molecule has 1 rings (SSSR count). The Morgan fingerprint density at radius 3 is 2.85 bits per heavy atom. The lowest BCUT2D eigenvalue weighted by Crippen LogP contribution is -2.18. The van der Waals surface area contributed by atoms with Crippen LogP contribution < -0.4 is 5.56 Å². The van der Waals surface area contributed by atoms with Crippen molar-refractivity contribution in [3.05, 3.63) is 25.4 Å². The van der Waals surface area contributed by atoms with E-state index in [-0.39, 0.29) is 5.56 Å².